The van der Waals surface area contributed by atoms with E-state index in [0.29, 0.717) is 22.6 Å². The fourth-order valence-corrected chi connectivity index (χ4v) is 4.05. The van der Waals surface area contributed by atoms with Crippen molar-refractivity contribution in [2.24, 2.45) is 0 Å². The molecule has 1 unspecified atom stereocenters. The zero-order valence-electron chi connectivity index (χ0n) is 17.8. The first kappa shape index (κ1) is 21.5. The topological polar surface area (TPSA) is 157 Å². The predicted molar refractivity (Wildman–Crippen MR) is 119 cm³/mol. The van der Waals surface area contributed by atoms with Crippen LogP contribution in [0.3, 0.4) is 0 Å². The molecule has 4 atom stereocenters. The number of nitrogen functional groups attached to an aromatic ring is 1. The third kappa shape index (κ3) is 4.07. The van der Waals surface area contributed by atoms with Crippen LogP contribution < -0.4 is 5.73 Å². The minimum absolute atomic E-state index is 0.178. The zero-order valence-corrected chi connectivity index (χ0v) is 17.8. The van der Waals surface area contributed by atoms with Gasteiger partial charge in [0, 0.05) is 12.7 Å². The standard InChI is InChI=1S/C22H25N7O4/c23-19-16-21(29(12-24-16)22-18(32)17(31)15(11-30)33-22)27-20(26-19)14-9-25-28(10-14)8-4-7-13-5-2-1-3-6-13/h1-3,5-6,9-10,12,15,17-18,22,30-32H,4,7-8,11H2,(H2,23,26,27)/t15-,17-,18-,22?/m1/s1. The highest BCUT2D eigenvalue weighted by Crippen LogP contribution is 2.32. The molecule has 33 heavy (non-hydrogen) atoms. The summed E-state index contributed by atoms with van der Waals surface area (Å²) >= 11 is 0. The molecule has 0 radical (unpaired) electrons. The van der Waals surface area contributed by atoms with E-state index in [0.717, 1.165) is 19.4 Å². The summed E-state index contributed by atoms with van der Waals surface area (Å²) in [5.41, 5.74) is 8.80. The molecule has 11 nitrogen and oxygen atoms in total. The normalized spacial score (nSPS) is 22.9. The summed E-state index contributed by atoms with van der Waals surface area (Å²) in [6.45, 7) is 0.320. The molecular weight excluding hydrogens is 426 g/mol. The number of hydrogen-bond acceptors (Lipinski definition) is 9. The Kier molecular flexibility index (Phi) is 5.77. The van der Waals surface area contributed by atoms with E-state index in [9.17, 15) is 15.3 Å². The van der Waals surface area contributed by atoms with E-state index in [-0.39, 0.29) is 5.82 Å². The highest BCUT2D eigenvalue weighted by molar-refractivity contribution is 5.83. The lowest BCUT2D eigenvalue weighted by Gasteiger charge is -2.16. The van der Waals surface area contributed by atoms with E-state index in [2.05, 4.69) is 32.2 Å². The molecule has 1 aliphatic rings. The summed E-state index contributed by atoms with van der Waals surface area (Å²) in [5, 5.41) is 34.3. The average molecular weight is 451 g/mol. The predicted octanol–water partition coefficient (Wildman–Crippen LogP) is 0.516. The molecule has 4 heterocycles. The number of aromatic nitrogens is 6. The Hall–Kier alpha value is -3.38. The van der Waals surface area contributed by atoms with Gasteiger partial charge in [-0.25, -0.2) is 15.0 Å². The molecule has 1 saturated heterocycles. The number of fused-ring (bicyclic) bond motifs is 1. The van der Waals surface area contributed by atoms with Crippen molar-refractivity contribution in [3.05, 3.63) is 54.6 Å². The van der Waals surface area contributed by atoms with Crippen LogP contribution in [0.4, 0.5) is 5.82 Å². The van der Waals surface area contributed by atoms with E-state index < -0.39 is 31.1 Å². The molecule has 0 spiro atoms. The van der Waals surface area contributed by atoms with Gasteiger partial charge in [-0.15, -0.1) is 0 Å². The van der Waals surface area contributed by atoms with Gasteiger partial charge in [-0.1, -0.05) is 30.3 Å². The van der Waals surface area contributed by atoms with Crippen LogP contribution in [0.5, 0.6) is 0 Å². The number of rotatable bonds is 7. The van der Waals surface area contributed by atoms with Crippen LogP contribution in [-0.4, -0.2) is 69.5 Å². The number of benzene rings is 1. The van der Waals surface area contributed by atoms with Crippen molar-refractivity contribution in [2.75, 3.05) is 12.3 Å². The first-order valence-corrected chi connectivity index (χ1v) is 10.7. The van der Waals surface area contributed by atoms with Crippen molar-refractivity contribution in [1.82, 2.24) is 29.3 Å². The molecule has 5 N–H and O–H groups in total. The summed E-state index contributed by atoms with van der Waals surface area (Å²) in [5.74, 6) is 0.542. The first-order chi connectivity index (χ1) is 16.0. The number of aliphatic hydroxyl groups is 3. The minimum atomic E-state index is -1.26. The van der Waals surface area contributed by atoms with Crippen LogP contribution in [0.15, 0.2) is 49.1 Å². The highest BCUT2D eigenvalue weighted by Gasteiger charge is 2.44. The van der Waals surface area contributed by atoms with Crippen molar-refractivity contribution >= 4 is 17.0 Å². The summed E-state index contributed by atoms with van der Waals surface area (Å²) in [6, 6.07) is 10.3. The molecular formula is C22H25N7O4. The molecule has 1 aliphatic heterocycles. The number of anilines is 1. The Bertz CT molecular complexity index is 1240. The number of hydrogen-bond donors (Lipinski definition) is 4. The van der Waals surface area contributed by atoms with Crippen LogP contribution >= 0.6 is 0 Å². The number of ether oxygens (including phenoxy) is 1. The van der Waals surface area contributed by atoms with Gasteiger partial charge in [-0.2, -0.15) is 5.10 Å². The van der Waals surface area contributed by atoms with Gasteiger partial charge in [0.15, 0.2) is 23.5 Å². The van der Waals surface area contributed by atoms with E-state index >= 15 is 0 Å². The van der Waals surface area contributed by atoms with Crippen LogP contribution in [0, 0.1) is 0 Å². The first-order valence-electron chi connectivity index (χ1n) is 10.7. The Morgan fingerprint density at radius 2 is 1.91 bits per heavy atom. The molecule has 1 fully saturated rings. The maximum atomic E-state index is 10.4. The van der Waals surface area contributed by atoms with Gasteiger partial charge in [-0.3, -0.25) is 9.25 Å². The summed E-state index contributed by atoms with van der Waals surface area (Å²) < 4.78 is 8.94. The van der Waals surface area contributed by atoms with Crippen molar-refractivity contribution < 1.29 is 20.1 Å². The van der Waals surface area contributed by atoms with Gasteiger partial charge in [0.1, 0.15) is 23.8 Å². The monoisotopic (exact) mass is 451 g/mol. The lowest BCUT2D eigenvalue weighted by molar-refractivity contribution is -0.0511. The second-order valence-electron chi connectivity index (χ2n) is 8.07. The Labute approximate surface area is 189 Å². The molecule has 1 aromatic carbocycles. The highest BCUT2D eigenvalue weighted by atomic mass is 16.6. The third-order valence-electron chi connectivity index (χ3n) is 5.83. The molecule has 3 aromatic heterocycles. The van der Waals surface area contributed by atoms with E-state index in [1.807, 2.05) is 29.1 Å². The van der Waals surface area contributed by atoms with E-state index in [1.165, 1.54) is 16.5 Å². The van der Waals surface area contributed by atoms with Crippen molar-refractivity contribution in [1.29, 1.82) is 0 Å². The molecule has 172 valence electrons. The quantitative estimate of drug-likeness (QED) is 0.314. The van der Waals surface area contributed by atoms with Gasteiger partial charge < -0.3 is 25.8 Å². The molecule has 0 bridgehead atoms. The van der Waals surface area contributed by atoms with Crippen molar-refractivity contribution in [2.45, 2.75) is 43.9 Å². The summed E-state index contributed by atoms with van der Waals surface area (Å²) in [6.07, 6.45) is 2.49. The summed E-state index contributed by atoms with van der Waals surface area (Å²) in [7, 11) is 0. The van der Waals surface area contributed by atoms with E-state index in [1.54, 1.807) is 6.20 Å². The fourth-order valence-electron chi connectivity index (χ4n) is 4.05. The molecule has 0 saturated carbocycles. The van der Waals surface area contributed by atoms with Gasteiger partial charge >= 0.3 is 0 Å². The van der Waals surface area contributed by atoms with Gasteiger partial charge in [0.05, 0.1) is 24.7 Å². The SMILES string of the molecule is Nc1nc(-c2cnn(CCCc3ccccc3)c2)nc2c1ncn2C1O[C@H](CO)[C@@H](O)[C@H]1O. The van der Waals surface area contributed by atoms with Gasteiger partial charge in [0.2, 0.25) is 0 Å². The third-order valence-corrected chi connectivity index (χ3v) is 5.83. The average Bonchev–Trinajstić information content (AvgIpc) is 3.53. The lowest BCUT2D eigenvalue weighted by atomic mass is 10.1. The second kappa shape index (κ2) is 8.87. The molecule has 4 aromatic rings. The number of aliphatic hydroxyl groups excluding tert-OH is 3. The number of nitrogens with two attached hydrogens (primary N) is 1. The van der Waals surface area contributed by atoms with Crippen molar-refractivity contribution in [3.63, 3.8) is 0 Å². The Morgan fingerprint density at radius 1 is 1.09 bits per heavy atom. The number of imidazole rings is 1. The fraction of sp³-hybridized carbons (Fsp3) is 0.364. The zero-order chi connectivity index (χ0) is 22.9. The Morgan fingerprint density at radius 3 is 2.67 bits per heavy atom. The molecule has 11 heteroatoms. The van der Waals surface area contributed by atoms with E-state index in [4.69, 9.17) is 10.5 Å². The largest absolute Gasteiger partial charge is 0.394 e. The van der Waals surface area contributed by atoms with Crippen LogP contribution in [0.25, 0.3) is 22.6 Å². The van der Waals surface area contributed by atoms with Crippen molar-refractivity contribution in [3.8, 4) is 11.4 Å². The lowest BCUT2D eigenvalue weighted by Crippen LogP contribution is -2.33. The number of aryl methyl sites for hydroxylation is 2. The molecule has 0 amide bonds. The maximum absolute atomic E-state index is 10.4. The van der Waals surface area contributed by atoms with Gasteiger partial charge in [0.25, 0.3) is 0 Å². The second-order valence-corrected chi connectivity index (χ2v) is 8.07. The van der Waals surface area contributed by atoms with Crippen LogP contribution in [0.2, 0.25) is 0 Å². The van der Waals surface area contributed by atoms with Crippen LogP contribution in [0.1, 0.15) is 18.2 Å². The smallest absolute Gasteiger partial charge is 0.168 e. The van der Waals surface area contributed by atoms with Gasteiger partial charge in [-0.05, 0) is 18.4 Å². The molecule has 0 aliphatic carbocycles. The molecule has 5 rings (SSSR count). The van der Waals surface area contributed by atoms with Crippen LogP contribution in [-0.2, 0) is 17.7 Å². The number of nitrogens with zero attached hydrogens (tertiary/aromatic N) is 6. The minimum Gasteiger partial charge on any atom is -0.394 e. The Balaban J connectivity index is 1.38. The summed E-state index contributed by atoms with van der Waals surface area (Å²) in [4.78, 5) is 13.2. The maximum Gasteiger partial charge on any atom is 0.168 e.